The number of benzene rings is 1. The summed E-state index contributed by atoms with van der Waals surface area (Å²) in [6.45, 7) is 1.78. The van der Waals surface area contributed by atoms with Gasteiger partial charge in [0, 0.05) is 33.2 Å². The molecule has 1 amide bonds. The molecule has 26 heavy (non-hydrogen) atoms. The number of hydrogen-bond acceptors (Lipinski definition) is 5. The van der Waals surface area contributed by atoms with Crippen LogP contribution in [0.4, 0.5) is 0 Å². The summed E-state index contributed by atoms with van der Waals surface area (Å²) in [6, 6.07) is 5.22. The Morgan fingerprint density at radius 1 is 1.31 bits per heavy atom. The van der Waals surface area contributed by atoms with Crippen LogP contribution >= 0.6 is 0 Å². The van der Waals surface area contributed by atoms with E-state index in [2.05, 4.69) is 10.3 Å². The Hall–Kier alpha value is -2.41. The summed E-state index contributed by atoms with van der Waals surface area (Å²) in [5.74, 6) is 1.17. The van der Waals surface area contributed by atoms with Gasteiger partial charge in [0.15, 0.2) is 6.61 Å². The van der Waals surface area contributed by atoms with Crippen molar-refractivity contribution >= 4 is 16.8 Å². The second kappa shape index (κ2) is 8.80. The highest BCUT2D eigenvalue weighted by atomic mass is 16.5. The lowest BCUT2D eigenvalue weighted by Crippen LogP contribution is -2.30. The van der Waals surface area contributed by atoms with Gasteiger partial charge >= 0.3 is 0 Å². The van der Waals surface area contributed by atoms with Crippen molar-refractivity contribution in [2.45, 2.75) is 38.6 Å². The van der Waals surface area contributed by atoms with E-state index in [1.165, 1.54) is 0 Å². The number of nitrogens with one attached hydrogen (secondary N) is 1. The van der Waals surface area contributed by atoms with E-state index >= 15 is 0 Å². The molecule has 1 aliphatic rings. The Labute approximate surface area is 152 Å². The summed E-state index contributed by atoms with van der Waals surface area (Å²) in [5, 5.41) is 3.30. The molecule has 1 N–H and O–H groups in total. The van der Waals surface area contributed by atoms with Gasteiger partial charge in [-0.15, -0.1) is 0 Å². The third-order valence-electron chi connectivity index (χ3n) is 4.50. The highest BCUT2D eigenvalue weighted by Crippen LogP contribution is 2.19. The van der Waals surface area contributed by atoms with Crippen LogP contribution in [0.1, 0.15) is 31.5 Å². The molecule has 7 nitrogen and oxygen atoms in total. The first kappa shape index (κ1) is 18.4. The molecule has 0 radical (unpaired) electrons. The molecule has 0 bridgehead atoms. The third-order valence-corrected chi connectivity index (χ3v) is 4.50. The standard InChI is InChI=1S/C19H25N3O4/c1-25-11-5-9-20-18(23)13-26-14-7-8-16-15(12-14)19(24)22-10-4-2-3-6-17(22)21-16/h7-8,12H,2-6,9-11,13H2,1H3,(H,20,23). The number of nitrogens with zero attached hydrogens (tertiary/aromatic N) is 2. The number of carbonyl (C=O) groups is 1. The quantitative estimate of drug-likeness (QED) is 0.760. The van der Waals surface area contributed by atoms with E-state index in [4.69, 9.17) is 9.47 Å². The van der Waals surface area contributed by atoms with Gasteiger partial charge in [-0.3, -0.25) is 14.2 Å². The number of hydrogen-bond donors (Lipinski definition) is 1. The minimum absolute atomic E-state index is 0.0265. The molecular weight excluding hydrogens is 334 g/mol. The number of carbonyl (C=O) groups excluding carboxylic acids is 1. The van der Waals surface area contributed by atoms with Crippen LogP contribution in [0.5, 0.6) is 5.75 Å². The fraction of sp³-hybridized carbons (Fsp3) is 0.526. The van der Waals surface area contributed by atoms with Crippen molar-refractivity contribution in [3.8, 4) is 5.75 Å². The summed E-state index contributed by atoms with van der Waals surface area (Å²) in [6.07, 6.45) is 4.78. The van der Waals surface area contributed by atoms with E-state index < -0.39 is 0 Å². The fourth-order valence-corrected chi connectivity index (χ4v) is 3.13. The molecule has 0 fully saturated rings. The second-order valence-corrected chi connectivity index (χ2v) is 6.46. The van der Waals surface area contributed by atoms with Crippen molar-refractivity contribution in [1.82, 2.24) is 14.9 Å². The topological polar surface area (TPSA) is 82.4 Å². The summed E-state index contributed by atoms with van der Waals surface area (Å²) in [4.78, 5) is 29.2. The van der Waals surface area contributed by atoms with Crippen molar-refractivity contribution < 1.29 is 14.3 Å². The Balaban J connectivity index is 1.70. The maximum absolute atomic E-state index is 12.8. The van der Waals surface area contributed by atoms with E-state index in [1.54, 1.807) is 29.9 Å². The largest absolute Gasteiger partial charge is 0.484 e. The van der Waals surface area contributed by atoms with Crippen LogP contribution < -0.4 is 15.6 Å². The smallest absolute Gasteiger partial charge is 0.261 e. The summed E-state index contributed by atoms with van der Waals surface area (Å²) in [7, 11) is 1.63. The maximum atomic E-state index is 12.8. The number of fused-ring (bicyclic) bond motifs is 2. The van der Waals surface area contributed by atoms with Crippen LogP contribution in [-0.2, 0) is 22.5 Å². The van der Waals surface area contributed by atoms with Crippen molar-refractivity contribution in [2.75, 3.05) is 26.9 Å². The van der Waals surface area contributed by atoms with Gasteiger partial charge in [-0.1, -0.05) is 6.42 Å². The molecule has 0 unspecified atom stereocenters. The van der Waals surface area contributed by atoms with Crippen LogP contribution in [0.25, 0.3) is 10.9 Å². The Kier molecular flexibility index (Phi) is 6.22. The third kappa shape index (κ3) is 4.40. The van der Waals surface area contributed by atoms with Crippen LogP contribution in [0, 0.1) is 0 Å². The number of rotatable bonds is 7. The van der Waals surface area contributed by atoms with Crippen molar-refractivity contribution in [1.29, 1.82) is 0 Å². The first-order chi connectivity index (χ1) is 12.7. The van der Waals surface area contributed by atoms with E-state index in [0.717, 1.165) is 37.9 Å². The van der Waals surface area contributed by atoms with Gasteiger partial charge in [0.1, 0.15) is 11.6 Å². The summed E-state index contributed by atoms with van der Waals surface area (Å²) in [5.41, 5.74) is 0.654. The average Bonchev–Trinajstić information content (AvgIpc) is 2.89. The number of amides is 1. The number of methoxy groups -OCH3 is 1. The first-order valence-electron chi connectivity index (χ1n) is 9.11. The molecule has 0 aliphatic carbocycles. The van der Waals surface area contributed by atoms with Crippen LogP contribution in [0.2, 0.25) is 0 Å². The second-order valence-electron chi connectivity index (χ2n) is 6.46. The first-order valence-corrected chi connectivity index (χ1v) is 9.11. The van der Waals surface area contributed by atoms with E-state index in [1.807, 2.05) is 0 Å². The monoisotopic (exact) mass is 359 g/mol. The molecule has 2 aromatic rings. The van der Waals surface area contributed by atoms with E-state index in [9.17, 15) is 9.59 Å². The Morgan fingerprint density at radius 2 is 2.19 bits per heavy atom. The van der Waals surface area contributed by atoms with Gasteiger partial charge in [0.25, 0.3) is 11.5 Å². The number of aryl methyl sites for hydroxylation is 1. The lowest BCUT2D eigenvalue weighted by atomic mass is 10.2. The van der Waals surface area contributed by atoms with Gasteiger partial charge in [0.2, 0.25) is 0 Å². The van der Waals surface area contributed by atoms with Crippen molar-refractivity contribution in [3.05, 3.63) is 34.4 Å². The van der Waals surface area contributed by atoms with Crippen molar-refractivity contribution in [2.24, 2.45) is 0 Å². The van der Waals surface area contributed by atoms with Gasteiger partial charge in [0.05, 0.1) is 10.9 Å². The molecule has 140 valence electrons. The average molecular weight is 359 g/mol. The molecule has 1 aliphatic heterocycles. The number of ether oxygens (including phenoxy) is 2. The molecule has 7 heteroatoms. The molecule has 0 saturated heterocycles. The highest BCUT2D eigenvalue weighted by Gasteiger charge is 2.14. The summed E-state index contributed by atoms with van der Waals surface area (Å²) < 4.78 is 12.2. The zero-order chi connectivity index (χ0) is 18.4. The lowest BCUT2D eigenvalue weighted by Gasteiger charge is -2.11. The fourth-order valence-electron chi connectivity index (χ4n) is 3.13. The van der Waals surface area contributed by atoms with Gasteiger partial charge < -0.3 is 14.8 Å². The van der Waals surface area contributed by atoms with Crippen LogP contribution in [0.15, 0.2) is 23.0 Å². The lowest BCUT2D eigenvalue weighted by molar-refractivity contribution is -0.123. The molecule has 0 atom stereocenters. The van der Waals surface area contributed by atoms with Gasteiger partial charge in [-0.05, 0) is 37.5 Å². The Morgan fingerprint density at radius 3 is 3.04 bits per heavy atom. The Bertz CT molecular complexity index is 831. The number of aromatic nitrogens is 2. The molecule has 2 heterocycles. The normalized spacial score (nSPS) is 13.9. The molecular formula is C19H25N3O4. The predicted molar refractivity (Wildman–Crippen MR) is 98.6 cm³/mol. The molecule has 3 rings (SSSR count). The maximum Gasteiger partial charge on any atom is 0.261 e. The minimum Gasteiger partial charge on any atom is -0.484 e. The van der Waals surface area contributed by atoms with Crippen LogP contribution in [-0.4, -0.2) is 42.3 Å². The van der Waals surface area contributed by atoms with E-state index in [-0.39, 0.29) is 18.1 Å². The predicted octanol–water partition coefficient (Wildman–Crippen LogP) is 1.65. The van der Waals surface area contributed by atoms with Gasteiger partial charge in [-0.25, -0.2) is 4.98 Å². The summed E-state index contributed by atoms with van der Waals surface area (Å²) >= 11 is 0. The van der Waals surface area contributed by atoms with Crippen LogP contribution in [0.3, 0.4) is 0 Å². The van der Waals surface area contributed by atoms with E-state index in [0.29, 0.717) is 36.3 Å². The molecule has 1 aromatic heterocycles. The minimum atomic E-state index is -0.196. The van der Waals surface area contributed by atoms with Gasteiger partial charge in [-0.2, -0.15) is 0 Å². The molecule has 0 saturated carbocycles. The molecule has 1 aromatic carbocycles. The SMILES string of the molecule is COCCCNC(=O)COc1ccc2nc3n(c(=O)c2c1)CCCCC3. The van der Waals surface area contributed by atoms with Crippen molar-refractivity contribution in [3.63, 3.8) is 0 Å². The highest BCUT2D eigenvalue weighted by molar-refractivity contribution is 5.80. The molecule has 0 spiro atoms. The zero-order valence-electron chi connectivity index (χ0n) is 15.1. The zero-order valence-corrected chi connectivity index (χ0v) is 15.1.